The molecule has 2 saturated heterocycles. The number of aromatic amines is 1. The second kappa shape index (κ2) is 9.08. The number of alkyl halides is 1. The van der Waals surface area contributed by atoms with Crippen molar-refractivity contribution in [2.75, 3.05) is 42.3 Å². The van der Waals surface area contributed by atoms with E-state index in [2.05, 4.69) is 25.5 Å². The molecule has 2 aliphatic rings. The van der Waals surface area contributed by atoms with Gasteiger partial charge in [-0.3, -0.25) is 10.00 Å². The molecule has 2 atom stereocenters. The molecule has 5 heterocycles. The number of rotatable bonds is 6. The lowest BCUT2D eigenvalue weighted by Crippen LogP contribution is -2.40. The van der Waals surface area contributed by atoms with Crippen molar-refractivity contribution in [3.63, 3.8) is 0 Å². The number of H-pyrrole nitrogens is 1. The van der Waals surface area contributed by atoms with Gasteiger partial charge in [0.15, 0.2) is 22.5 Å². The van der Waals surface area contributed by atoms with E-state index in [0.29, 0.717) is 36.1 Å². The lowest BCUT2D eigenvalue weighted by molar-refractivity contribution is 0.247. The summed E-state index contributed by atoms with van der Waals surface area (Å²) in [6, 6.07) is 0.172. The summed E-state index contributed by atoms with van der Waals surface area (Å²) in [6.45, 7) is 2.49. The average Bonchev–Trinajstić information content (AvgIpc) is 3.43. The molecule has 0 aliphatic carbocycles. The molecule has 0 bridgehead atoms. The molecule has 0 saturated carbocycles. The highest BCUT2D eigenvalue weighted by Crippen LogP contribution is 2.31. The number of likely N-dealkylation sites (tertiary alicyclic amines) is 1. The smallest absolute Gasteiger partial charge is 0.243 e. The fourth-order valence-corrected chi connectivity index (χ4v) is 5.01. The maximum absolute atomic E-state index is 14.2. The Morgan fingerprint density at radius 3 is 2.81 bits per heavy atom. The molecule has 0 amide bonds. The third-order valence-electron chi connectivity index (χ3n) is 6.00. The van der Waals surface area contributed by atoms with E-state index in [-0.39, 0.29) is 11.9 Å². The third-order valence-corrected chi connectivity index (χ3v) is 6.59. The number of halogens is 1. The molecular weight excluding hydrogens is 437 g/mol. The zero-order chi connectivity index (χ0) is 22.1. The van der Waals surface area contributed by atoms with Crippen molar-refractivity contribution in [3.8, 4) is 11.3 Å². The SMILES string of the molecule is O=S(O)CN1CCC(Nc2nc3cnc(-c4cn[nH]c4)c(N4CCC[C@H](F)C4)n3n2)CC1. The van der Waals surface area contributed by atoms with Crippen molar-refractivity contribution < 1.29 is 13.2 Å². The van der Waals surface area contributed by atoms with Crippen molar-refractivity contribution in [3.05, 3.63) is 18.6 Å². The van der Waals surface area contributed by atoms with E-state index in [1.165, 1.54) is 0 Å². The highest BCUT2D eigenvalue weighted by Gasteiger charge is 2.27. The lowest BCUT2D eigenvalue weighted by atomic mass is 10.1. The van der Waals surface area contributed by atoms with Crippen LogP contribution in [-0.2, 0) is 11.1 Å². The summed E-state index contributed by atoms with van der Waals surface area (Å²) in [5.74, 6) is 1.39. The molecule has 13 heteroatoms. The topological polar surface area (TPSA) is 128 Å². The minimum Gasteiger partial charge on any atom is -0.352 e. The first-order valence-electron chi connectivity index (χ1n) is 10.8. The van der Waals surface area contributed by atoms with Gasteiger partial charge in [-0.15, -0.1) is 5.10 Å². The number of anilines is 2. The van der Waals surface area contributed by atoms with Gasteiger partial charge in [-0.05, 0) is 25.7 Å². The summed E-state index contributed by atoms with van der Waals surface area (Å²) >= 11 is -1.81. The Labute approximate surface area is 186 Å². The maximum Gasteiger partial charge on any atom is 0.243 e. The summed E-state index contributed by atoms with van der Waals surface area (Å²) in [7, 11) is 0. The van der Waals surface area contributed by atoms with Gasteiger partial charge in [-0.2, -0.15) is 14.6 Å². The molecule has 3 N–H and O–H groups in total. The molecule has 1 unspecified atom stereocenters. The normalized spacial score (nSPS) is 21.8. The van der Waals surface area contributed by atoms with Gasteiger partial charge < -0.3 is 14.8 Å². The van der Waals surface area contributed by atoms with Crippen LogP contribution in [0.25, 0.3) is 16.9 Å². The molecule has 2 fully saturated rings. The third kappa shape index (κ3) is 4.45. The van der Waals surface area contributed by atoms with E-state index >= 15 is 0 Å². The first kappa shape index (κ1) is 21.2. The van der Waals surface area contributed by atoms with Crippen LogP contribution in [0.15, 0.2) is 18.6 Å². The van der Waals surface area contributed by atoms with E-state index in [4.69, 9.17) is 9.65 Å². The number of aromatic nitrogens is 6. The molecule has 5 rings (SSSR count). The monoisotopic (exact) mass is 463 g/mol. The summed E-state index contributed by atoms with van der Waals surface area (Å²) in [6.07, 6.45) is 7.21. The standard InChI is InChI=1S/C19H26FN9O2S/c20-14-2-1-5-28(11-14)18-17(13-8-22-23-9-13)21-10-16-25-19(26-29(16)18)24-15-3-6-27(7-4-15)12-32(30)31/h8-10,14-15H,1-7,11-12H2,(H,22,23)(H,24,26)(H,30,31)/t14-/m0/s1. The van der Waals surface area contributed by atoms with Gasteiger partial charge in [0.1, 0.15) is 17.7 Å². The molecule has 2 aliphatic heterocycles. The first-order chi connectivity index (χ1) is 15.6. The number of fused-ring (bicyclic) bond motifs is 1. The van der Waals surface area contributed by atoms with E-state index in [0.717, 1.165) is 44.5 Å². The summed E-state index contributed by atoms with van der Waals surface area (Å²) in [4.78, 5) is 13.2. The number of hydrogen-bond donors (Lipinski definition) is 3. The predicted molar refractivity (Wildman–Crippen MR) is 119 cm³/mol. The minimum absolute atomic E-state index is 0.172. The predicted octanol–water partition coefficient (Wildman–Crippen LogP) is 1.51. The lowest BCUT2D eigenvalue weighted by Gasteiger charge is -2.31. The second-order valence-corrected chi connectivity index (χ2v) is 9.20. The Balaban J connectivity index is 1.42. The van der Waals surface area contributed by atoms with Crippen molar-refractivity contribution in [1.82, 2.24) is 34.7 Å². The first-order valence-corrected chi connectivity index (χ1v) is 12.0. The molecular formula is C19H26FN9O2S. The van der Waals surface area contributed by atoms with Gasteiger partial charge in [0.05, 0.1) is 18.9 Å². The Hall–Kier alpha value is -2.64. The van der Waals surface area contributed by atoms with Crippen molar-refractivity contribution >= 4 is 28.5 Å². The van der Waals surface area contributed by atoms with Gasteiger partial charge in [0.25, 0.3) is 0 Å². The van der Waals surface area contributed by atoms with Crippen LogP contribution in [0.2, 0.25) is 0 Å². The van der Waals surface area contributed by atoms with Crippen LogP contribution in [0.4, 0.5) is 16.2 Å². The number of piperidine rings is 2. The minimum atomic E-state index is -1.81. The van der Waals surface area contributed by atoms with Crippen LogP contribution >= 0.6 is 0 Å². The van der Waals surface area contributed by atoms with Gasteiger partial charge in [-0.25, -0.2) is 13.6 Å². The molecule has 0 aromatic carbocycles. The summed E-state index contributed by atoms with van der Waals surface area (Å²) in [5.41, 5.74) is 2.08. The molecule has 11 nitrogen and oxygen atoms in total. The van der Waals surface area contributed by atoms with E-state index in [9.17, 15) is 8.60 Å². The van der Waals surface area contributed by atoms with Crippen LogP contribution in [0.5, 0.6) is 0 Å². The highest BCUT2D eigenvalue weighted by atomic mass is 32.2. The van der Waals surface area contributed by atoms with Gasteiger partial charge in [0.2, 0.25) is 5.95 Å². The van der Waals surface area contributed by atoms with Crippen LogP contribution in [0.1, 0.15) is 25.7 Å². The fraction of sp³-hybridized carbons (Fsp3) is 0.579. The molecule has 3 aromatic heterocycles. The van der Waals surface area contributed by atoms with E-state index in [1.807, 2.05) is 9.80 Å². The Kier molecular flexibility index (Phi) is 6.02. The van der Waals surface area contributed by atoms with Crippen molar-refractivity contribution in [2.45, 2.75) is 37.9 Å². The molecule has 3 aromatic rings. The van der Waals surface area contributed by atoms with Gasteiger partial charge in [-0.1, -0.05) is 0 Å². The Bertz CT molecular complexity index is 1080. The van der Waals surface area contributed by atoms with Gasteiger partial charge >= 0.3 is 0 Å². The average molecular weight is 464 g/mol. The number of nitrogens with zero attached hydrogens (tertiary/aromatic N) is 7. The fourth-order valence-electron chi connectivity index (χ4n) is 4.44. The van der Waals surface area contributed by atoms with Crippen molar-refractivity contribution in [1.29, 1.82) is 0 Å². The second-order valence-electron chi connectivity index (χ2n) is 8.30. The molecule has 32 heavy (non-hydrogen) atoms. The highest BCUT2D eigenvalue weighted by molar-refractivity contribution is 7.79. The van der Waals surface area contributed by atoms with Crippen LogP contribution in [0, 0.1) is 0 Å². The van der Waals surface area contributed by atoms with Crippen LogP contribution in [-0.4, -0.2) is 87.7 Å². The molecule has 172 valence electrons. The zero-order valence-electron chi connectivity index (χ0n) is 17.5. The van der Waals surface area contributed by atoms with Crippen molar-refractivity contribution in [2.24, 2.45) is 0 Å². The van der Waals surface area contributed by atoms with Crippen LogP contribution < -0.4 is 10.2 Å². The number of hydrogen-bond acceptors (Lipinski definition) is 8. The Morgan fingerprint density at radius 1 is 1.25 bits per heavy atom. The van der Waals surface area contributed by atoms with E-state index < -0.39 is 17.3 Å². The van der Waals surface area contributed by atoms with Crippen LogP contribution in [0.3, 0.4) is 0 Å². The van der Waals surface area contributed by atoms with E-state index in [1.54, 1.807) is 23.1 Å². The molecule has 0 spiro atoms. The Morgan fingerprint density at radius 2 is 2.09 bits per heavy atom. The zero-order valence-corrected chi connectivity index (χ0v) is 18.3. The van der Waals surface area contributed by atoms with Gasteiger partial charge in [0, 0.05) is 37.4 Å². The quantitative estimate of drug-likeness (QED) is 0.466. The molecule has 0 radical (unpaired) electrons. The summed E-state index contributed by atoms with van der Waals surface area (Å²) < 4.78 is 36.1. The summed E-state index contributed by atoms with van der Waals surface area (Å²) in [5, 5.41) is 14.9. The number of nitrogens with one attached hydrogen (secondary N) is 2. The largest absolute Gasteiger partial charge is 0.352 e. The maximum atomic E-state index is 14.2.